The Kier molecular flexibility index (Phi) is 3.49. The molecule has 15 heavy (non-hydrogen) atoms. The standard InChI is InChI=1S/C12H24O3/c1-7-12(11(3,4)5)10(14-6)9(13)8(2)15-12/h8-10,13H,7H2,1-6H3/t8-,9+,10-,12+/m0/s1. The number of hydrogen-bond acceptors (Lipinski definition) is 3. The second-order valence-corrected chi connectivity index (χ2v) is 5.46. The predicted octanol–water partition coefficient (Wildman–Crippen LogP) is 1.98. The average molecular weight is 216 g/mol. The maximum absolute atomic E-state index is 10.0. The lowest BCUT2D eigenvalue weighted by atomic mass is 9.71. The Balaban J connectivity index is 3.09. The van der Waals surface area contributed by atoms with Crippen molar-refractivity contribution in [1.29, 1.82) is 0 Å². The Morgan fingerprint density at radius 3 is 2.20 bits per heavy atom. The topological polar surface area (TPSA) is 38.7 Å². The summed E-state index contributed by atoms with van der Waals surface area (Å²) in [4.78, 5) is 0. The quantitative estimate of drug-likeness (QED) is 0.767. The first-order valence-corrected chi connectivity index (χ1v) is 5.69. The molecule has 3 heteroatoms. The second kappa shape index (κ2) is 4.04. The number of aliphatic hydroxyl groups excluding tert-OH is 1. The largest absolute Gasteiger partial charge is 0.388 e. The monoisotopic (exact) mass is 216 g/mol. The van der Waals surface area contributed by atoms with Crippen molar-refractivity contribution in [1.82, 2.24) is 0 Å². The summed E-state index contributed by atoms with van der Waals surface area (Å²) in [6, 6.07) is 0. The number of rotatable bonds is 2. The zero-order valence-corrected chi connectivity index (χ0v) is 10.7. The minimum absolute atomic E-state index is 0.0475. The van der Waals surface area contributed by atoms with E-state index in [0.717, 1.165) is 6.42 Å². The van der Waals surface area contributed by atoms with Crippen molar-refractivity contribution >= 4 is 0 Å². The van der Waals surface area contributed by atoms with Crippen molar-refractivity contribution in [2.45, 2.75) is 65.0 Å². The third-order valence-corrected chi connectivity index (χ3v) is 3.70. The highest BCUT2D eigenvalue weighted by Crippen LogP contribution is 2.47. The molecule has 0 saturated carbocycles. The molecule has 1 aliphatic rings. The Bertz CT molecular complexity index is 221. The summed E-state index contributed by atoms with van der Waals surface area (Å²) in [7, 11) is 1.64. The van der Waals surface area contributed by atoms with Gasteiger partial charge in [0.2, 0.25) is 0 Å². The first kappa shape index (κ1) is 12.9. The first-order chi connectivity index (χ1) is 6.80. The summed E-state index contributed by atoms with van der Waals surface area (Å²) in [5.74, 6) is 0. The molecule has 1 aliphatic heterocycles. The second-order valence-electron chi connectivity index (χ2n) is 5.46. The van der Waals surface area contributed by atoms with Crippen LogP contribution in [0.1, 0.15) is 41.0 Å². The average Bonchev–Trinajstić information content (AvgIpc) is 2.39. The highest BCUT2D eigenvalue weighted by molar-refractivity contribution is 5.07. The number of hydrogen-bond donors (Lipinski definition) is 1. The molecule has 4 atom stereocenters. The fourth-order valence-corrected chi connectivity index (χ4v) is 2.74. The lowest BCUT2D eigenvalue weighted by Gasteiger charge is -2.44. The molecule has 0 aromatic carbocycles. The van der Waals surface area contributed by atoms with Crippen LogP contribution in [0.15, 0.2) is 0 Å². The van der Waals surface area contributed by atoms with E-state index >= 15 is 0 Å². The van der Waals surface area contributed by atoms with Gasteiger partial charge in [0, 0.05) is 7.11 Å². The van der Waals surface area contributed by atoms with Gasteiger partial charge in [0.05, 0.1) is 6.10 Å². The molecule has 0 unspecified atom stereocenters. The van der Waals surface area contributed by atoms with Crippen molar-refractivity contribution in [3.63, 3.8) is 0 Å². The van der Waals surface area contributed by atoms with Crippen molar-refractivity contribution in [3.05, 3.63) is 0 Å². The van der Waals surface area contributed by atoms with Gasteiger partial charge in [-0.1, -0.05) is 27.7 Å². The van der Waals surface area contributed by atoms with Gasteiger partial charge in [0.1, 0.15) is 17.8 Å². The molecule has 1 fully saturated rings. The molecular weight excluding hydrogens is 192 g/mol. The zero-order valence-electron chi connectivity index (χ0n) is 10.7. The van der Waals surface area contributed by atoms with Gasteiger partial charge in [-0.15, -0.1) is 0 Å². The van der Waals surface area contributed by atoms with E-state index in [0.29, 0.717) is 0 Å². The fourth-order valence-electron chi connectivity index (χ4n) is 2.74. The van der Waals surface area contributed by atoms with E-state index in [2.05, 4.69) is 27.7 Å². The Hall–Kier alpha value is -0.120. The molecule has 1 rings (SSSR count). The highest BCUT2D eigenvalue weighted by atomic mass is 16.6. The fraction of sp³-hybridized carbons (Fsp3) is 1.00. The molecule has 90 valence electrons. The van der Waals surface area contributed by atoms with E-state index in [9.17, 15) is 5.11 Å². The van der Waals surface area contributed by atoms with E-state index in [1.165, 1.54) is 0 Å². The molecule has 0 bridgehead atoms. The van der Waals surface area contributed by atoms with E-state index in [-0.39, 0.29) is 23.2 Å². The summed E-state index contributed by atoms with van der Waals surface area (Å²) < 4.78 is 11.5. The van der Waals surface area contributed by atoms with Crippen molar-refractivity contribution in [3.8, 4) is 0 Å². The molecule has 1 N–H and O–H groups in total. The minimum atomic E-state index is -0.533. The molecule has 1 heterocycles. The third kappa shape index (κ3) is 1.81. The first-order valence-electron chi connectivity index (χ1n) is 5.69. The Morgan fingerprint density at radius 1 is 1.40 bits per heavy atom. The van der Waals surface area contributed by atoms with Gasteiger partial charge in [-0.3, -0.25) is 0 Å². The summed E-state index contributed by atoms with van der Waals surface area (Å²) in [5.41, 5.74) is -0.436. The molecule has 0 aromatic rings. The number of ether oxygens (including phenoxy) is 2. The van der Waals surface area contributed by atoms with Crippen LogP contribution < -0.4 is 0 Å². The highest BCUT2D eigenvalue weighted by Gasteiger charge is 2.58. The number of methoxy groups -OCH3 is 1. The molecule has 0 radical (unpaired) electrons. The summed E-state index contributed by atoms with van der Waals surface area (Å²) in [6.07, 6.45) is -0.0862. The third-order valence-electron chi connectivity index (χ3n) is 3.70. The van der Waals surface area contributed by atoms with Gasteiger partial charge >= 0.3 is 0 Å². The molecule has 0 aromatic heterocycles. The smallest absolute Gasteiger partial charge is 0.115 e. The van der Waals surface area contributed by atoms with E-state index in [1.54, 1.807) is 7.11 Å². The summed E-state index contributed by atoms with van der Waals surface area (Å²) in [5, 5.41) is 10.0. The summed E-state index contributed by atoms with van der Waals surface area (Å²) in [6.45, 7) is 10.4. The minimum Gasteiger partial charge on any atom is -0.388 e. The zero-order chi connectivity index (χ0) is 11.9. The van der Waals surface area contributed by atoms with Crippen LogP contribution in [0.4, 0.5) is 0 Å². The van der Waals surface area contributed by atoms with Crippen LogP contribution in [0.5, 0.6) is 0 Å². The normalized spacial score (nSPS) is 42.2. The lowest BCUT2D eigenvalue weighted by molar-refractivity contribution is -0.154. The molecule has 1 saturated heterocycles. The van der Waals surface area contributed by atoms with Gasteiger partial charge in [-0.2, -0.15) is 0 Å². The number of aliphatic hydroxyl groups is 1. The van der Waals surface area contributed by atoms with Crippen molar-refractivity contribution in [2.75, 3.05) is 7.11 Å². The van der Waals surface area contributed by atoms with Crippen LogP contribution in [0.2, 0.25) is 0 Å². The molecule has 0 amide bonds. The maximum atomic E-state index is 10.0. The summed E-state index contributed by atoms with van der Waals surface area (Å²) >= 11 is 0. The van der Waals surface area contributed by atoms with Gasteiger partial charge in [-0.25, -0.2) is 0 Å². The maximum Gasteiger partial charge on any atom is 0.115 e. The van der Waals surface area contributed by atoms with E-state index in [4.69, 9.17) is 9.47 Å². The van der Waals surface area contributed by atoms with Gasteiger partial charge in [-0.05, 0) is 18.8 Å². The predicted molar refractivity (Wildman–Crippen MR) is 59.8 cm³/mol. The van der Waals surface area contributed by atoms with Gasteiger partial charge in [0.15, 0.2) is 0 Å². The SMILES string of the molecule is CC[C@@]1(C(C)(C)C)O[C@@H](C)[C@@H](O)[C@@H]1OC. The van der Waals surface area contributed by atoms with Gasteiger partial charge in [0.25, 0.3) is 0 Å². The van der Waals surface area contributed by atoms with E-state index in [1.807, 2.05) is 6.92 Å². The van der Waals surface area contributed by atoms with Crippen LogP contribution >= 0.6 is 0 Å². The van der Waals surface area contributed by atoms with Crippen molar-refractivity contribution in [2.24, 2.45) is 5.41 Å². The molecule has 0 aliphatic carbocycles. The lowest BCUT2D eigenvalue weighted by Crippen LogP contribution is -2.53. The Labute approximate surface area is 92.8 Å². The Morgan fingerprint density at radius 2 is 1.93 bits per heavy atom. The van der Waals surface area contributed by atoms with Crippen LogP contribution in [0.25, 0.3) is 0 Å². The van der Waals surface area contributed by atoms with Gasteiger partial charge < -0.3 is 14.6 Å². The molecule has 3 nitrogen and oxygen atoms in total. The van der Waals surface area contributed by atoms with Crippen molar-refractivity contribution < 1.29 is 14.6 Å². The van der Waals surface area contributed by atoms with Crippen LogP contribution in [-0.2, 0) is 9.47 Å². The van der Waals surface area contributed by atoms with Crippen LogP contribution in [0.3, 0.4) is 0 Å². The molecular formula is C12H24O3. The van der Waals surface area contributed by atoms with Crippen LogP contribution in [0, 0.1) is 5.41 Å². The van der Waals surface area contributed by atoms with E-state index < -0.39 is 6.10 Å². The molecule has 0 spiro atoms. The van der Waals surface area contributed by atoms with Crippen LogP contribution in [-0.4, -0.2) is 36.1 Å².